The first-order valence-electron chi connectivity index (χ1n) is 6.91. The van der Waals surface area contributed by atoms with Crippen LogP contribution < -0.4 is 10.1 Å². The van der Waals surface area contributed by atoms with Crippen LogP contribution in [-0.2, 0) is 0 Å². The molecule has 24 heavy (non-hydrogen) atoms. The number of amides is 1. The summed E-state index contributed by atoms with van der Waals surface area (Å²) in [6.07, 6.45) is 0. The third-order valence-corrected chi connectivity index (χ3v) is 3.66. The number of hydrogen-bond acceptors (Lipinski definition) is 4. The Bertz CT molecular complexity index is 798. The number of ether oxygens (including phenoxy) is 1. The molecule has 1 N–H and O–H groups in total. The number of nitrogens with zero attached hydrogens (tertiary/aromatic N) is 1. The van der Waals surface area contributed by atoms with E-state index >= 15 is 0 Å². The standard InChI is InChI=1S/C16H14ClFN2O4/c1-9(10-3-6-15(24-2)13(18)7-10)19-16(21)12-8-11(17)4-5-14(12)20(22)23/h3-9H,1-2H3,(H,19,21). The highest BCUT2D eigenvalue weighted by molar-refractivity contribution is 6.31. The fourth-order valence-electron chi connectivity index (χ4n) is 2.16. The van der Waals surface area contributed by atoms with Gasteiger partial charge in [-0.05, 0) is 36.8 Å². The second-order valence-electron chi connectivity index (χ2n) is 5.01. The van der Waals surface area contributed by atoms with E-state index in [0.29, 0.717) is 5.56 Å². The van der Waals surface area contributed by atoms with Crippen LogP contribution in [0.15, 0.2) is 36.4 Å². The van der Waals surface area contributed by atoms with Crippen LogP contribution in [0, 0.1) is 15.9 Å². The largest absolute Gasteiger partial charge is 0.494 e. The first-order valence-corrected chi connectivity index (χ1v) is 7.29. The molecule has 0 aliphatic heterocycles. The first-order chi connectivity index (χ1) is 11.3. The van der Waals surface area contributed by atoms with Gasteiger partial charge in [-0.2, -0.15) is 0 Å². The van der Waals surface area contributed by atoms with Crippen LogP contribution >= 0.6 is 11.6 Å². The topological polar surface area (TPSA) is 81.5 Å². The molecule has 6 nitrogen and oxygen atoms in total. The number of halogens is 2. The Balaban J connectivity index is 2.25. The van der Waals surface area contributed by atoms with Gasteiger partial charge in [0, 0.05) is 11.1 Å². The molecule has 0 saturated heterocycles. The second kappa shape index (κ2) is 7.27. The van der Waals surface area contributed by atoms with Gasteiger partial charge in [0.1, 0.15) is 5.56 Å². The number of carbonyl (C=O) groups is 1. The van der Waals surface area contributed by atoms with Crippen LogP contribution in [0.2, 0.25) is 5.02 Å². The molecule has 1 unspecified atom stereocenters. The maximum absolute atomic E-state index is 13.7. The molecule has 0 aliphatic rings. The van der Waals surface area contributed by atoms with E-state index in [1.807, 2.05) is 0 Å². The zero-order valence-electron chi connectivity index (χ0n) is 12.9. The number of rotatable bonds is 5. The van der Waals surface area contributed by atoms with Crippen LogP contribution in [0.25, 0.3) is 0 Å². The number of methoxy groups -OCH3 is 1. The molecule has 2 rings (SSSR count). The SMILES string of the molecule is COc1ccc(C(C)NC(=O)c2cc(Cl)ccc2[N+](=O)[O-])cc1F. The monoisotopic (exact) mass is 352 g/mol. The molecule has 0 heterocycles. The summed E-state index contributed by atoms with van der Waals surface area (Å²) in [5.74, 6) is -1.15. The smallest absolute Gasteiger partial charge is 0.282 e. The Labute approximate surface area is 142 Å². The van der Waals surface area contributed by atoms with E-state index in [1.54, 1.807) is 13.0 Å². The summed E-state index contributed by atoms with van der Waals surface area (Å²) in [5.41, 5.74) is -0.0234. The quantitative estimate of drug-likeness (QED) is 0.653. The Morgan fingerprint density at radius 3 is 2.62 bits per heavy atom. The molecule has 1 amide bonds. The van der Waals surface area contributed by atoms with E-state index in [2.05, 4.69) is 5.32 Å². The van der Waals surface area contributed by atoms with Crippen molar-refractivity contribution in [1.82, 2.24) is 5.32 Å². The van der Waals surface area contributed by atoms with Crippen molar-refractivity contribution in [2.75, 3.05) is 7.11 Å². The first kappa shape index (κ1) is 17.7. The predicted octanol–water partition coefficient (Wildman–Crippen LogP) is 3.89. The lowest BCUT2D eigenvalue weighted by molar-refractivity contribution is -0.385. The normalized spacial score (nSPS) is 11.7. The molecule has 0 aliphatic carbocycles. The van der Waals surface area contributed by atoms with E-state index in [-0.39, 0.29) is 22.0 Å². The zero-order valence-corrected chi connectivity index (χ0v) is 13.6. The lowest BCUT2D eigenvalue weighted by atomic mass is 10.1. The van der Waals surface area contributed by atoms with Crippen molar-refractivity contribution in [3.05, 3.63) is 68.5 Å². The third-order valence-electron chi connectivity index (χ3n) is 3.42. The van der Waals surface area contributed by atoms with E-state index in [1.165, 1.54) is 31.4 Å². The van der Waals surface area contributed by atoms with Crippen molar-refractivity contribution in [1.29, 1.82) is 0 Å². The molecular weight excluding hydrogens is 339 g/mol. The highest BCUT2D eigenvalue weighted by Gasteiger charge is 2.22. The van der Waals surface area contributed by atoms with Gasteiger partial charge < -0.3 is 10.1 Å². The van der Waals surface area contributed by atoms with Crippen LogP contribution in [0.4, 0.5) is 10.1 Å². The van der Waals surface area contributed by atoms with Gasteiger partial charge >= 0.3 is 0 Å². The molecular formula is C16H14ClFN2O4. The summed E-state index contributed by atoms with van der Waals surface area (Å²) in [4.78, 5) is 22.7. The number of benzene rings is 2. The Kier molecular flexibility index (Phi) is 5.35. The van der Waals surface area contributed by atoms with E-state index < -0.39 is 22.7 Å². The molecule has 0 bridgehead atoms. The summed E-state index contributed by atoms with van der Waals surface area (Å²) in [6.45, 7) is 1.63. The van der Waals surface area contributed by atoms with Gasteiger partial charge in [-0.25, -0.2) is 4.39 Å². The van der Waals surface area contributed by atoms with E-state index in [9.17, 15) is 19.3 Å². The third kappa shape index (κ3) is 3.80. The van der Waals surface area contributed by atoms with Crippen LogP contribution in [-0.4, -0.2) is 17.9 Å². The molecule has 1 atom stereocenters. The van der Waals surface area contributed by atoms with Crippen LogP contribution in [0.1, 0.15) is 28.9 Å². The molecule has 0 fully saturated rings. The van der Waals surface area contributed by atoms with E-state index in [4.69, 9.17) is 16.3 Å². The number of nitro benzene ring substituents is 1. The van der Waals surface area contributed by atoms with Crippen molar-refractivity contribution in [3.8, 4) is 5.75 Å². The zero-order chi connectivity index (χ0) is 17.9. The fourth-order valence-corrected chi connectivity index (χ4v) is 2.33. The average molecular weight is 353 g/mol. The highest BCUT2D eigenvalue weighted by Crippen LogP contribution is 2.25. The van der Waals surface area contributed by atoms with Gasteiger partial charge in [-0.15, -0.1) is 0 Å². The molecule has 2 aromatic carbocycles. The summed E-state index contributed by atoms with van der Waals surface area (Å²) < 4.78 is 18.6. The lowest BCUT2D eigenvalue weighted by Gasteiger charge is -2.15. The Hall–Kier alpha value is -2.67. The number of nitrogens with one attached hydrogen (secondary N) is 1. The van der Waals surface area contributed by atoms with Crippen LogP contribution in [0.5, 0.6) is 5.75 Å². The number of carbonyl (C=O) groups excluding carboxylic acids is 1. The van der Waals surface area contributed by atoms with Gasteiger partial charge in [-0.3, -0.25) is 14.9 Å². The molecule has 126 valence electrons. The van der Waals surface area contributed by atoms with Gasteiger partial charge in [0.05, 0.1) is 18.1 Å². The average Bonchev–Trinajstić information content (AvgIpc) is 2.54. The minimum absolute atomic E-state index is 0.0859. The summed E-state index contributed by atoms with van der Waals surface area (Å²) in [7, 11) is 1.35. The summed E-state index contributed by atoms with van der Waals surface area (Å²) in [6, 6.07) is 7.41. The van der Waals surface area contributed by atoms with Gasteiger partial charge in [-0.1, -0.05) is 17.7 Å². The van der Waals surface area contributed by atoms with Gasteiger partial charge in [0.15, 0.2) is 11.6 Å². The molecule has 8 heteroatoms. The van der Waals surface area contributed by atoms with Crippen molar-refractivity contribution in [2.45, 2.75) is 13.0 Å². The van der Waals surface area contributed by atoms with Gasteiger partial charge in [0.25, 0.3) is 11.6 Å². The minimum Gasteiger partial charge on any atom is -0.494 e. The van der Waals surface area contributed by atoms with Crippen molar-refractivity contribution < 1.29 is 18.8 Å². The Morgan fingerprint density at radius 2 is 2.04 bits per heavy atom. The molecule has 0 radical (unpaired) electrons. The highest BCUT2D eigenvalue weighted by atomic mass is 35.5. The number of nitro groups is 1. The summed E-state index contributed by atoms with van der Waals surface area (Å²) in [5, 5.41) is 13.8. The molecule has 0 spiro atoms. The summed E-state index contributed by atoms with van der Waals surface area (Å²) >= 11 is 5.81. The molecule has 0 aromatic heterocycles. The minimum atomic E-state index is -0.673. The van der Waals surface area contributed by atoms with Crippen molar-refractivity contribution >= 4 is 23.2 Å². The maximum atomic E-state index is 13.7. The number of hydrogen-bond donors (Lipinski definition) is 1. The fraction of sp³-hybridized carbons (Fsp3) is 0.188. The van der Waals surface area contributed by atoms with E-state index in [0.717, 1.165) is 6.07 Å². The van der Waals surface area contributed by atoms with Crippen LogP contribution in [0.3, 0.4) is 0 Å². The Morgan fingerprint density at radius 1 is 1.33 bits per heavy atom. The van der Waals surface area contributed by atoms with Crippen molar-refractivity contribution in [3.63, 3.8) is 0 Å². The lowest BCUT2D eigenvalue weighted by Crippen LogP contribution is -2.27. The second-order valence-corrected chi connectivity index (χ2v) is 5.44. The molecule has 2 aromatic rings. The predicted molar refractivity (Wildman–Crippen MR) is 86.9 cm³/mol. The van der Waals surface area contributed by atoms with Gasteiger partial charge in [0.2, 0.25) is 0 Å². The van der Waals surface area contributed by atoms with Crippen molar-refractivity contribution in [2.24, 2.45) is 0 Å². The molecule has 0 saturated carbocycles. The maximum Gasteiger partial charge on any atom is 0.282 e.